The number of nitrogens with one attached hydrogen (secondary N) is 1. The Hall–Kier alpha value is -3.21. The van der Waals surface area contributed by atoms with Crippen LogP contribution in [0.3, 0.4) is 0 Å². The Labute approximate surface area is 159 Å². The lowest BCUT2D eigenvalue weighted by Crippen LogP contribution is -2.32. The summed E-state index contributed by atoms with van der Waals surface area (Å²) >= 11 is 0. The number of amides is 1. The van der Waals surface area contributed by atoms with E-state index in [2.05, 4.69) is 44.5 Å². The van der Waals surface area contributed by atoms with Crippen LogP contribution in [0.1, 0.15) is 32.6 Å². The van der Waals surface area contributed by atoms with Gasteiger partial charge in [0.2, 0.25) is 5.95 Å². The van der Waals surface area contributed by atoms with Crippen molar-refractivity contribution < 1.29 is 4.79 Å². The molecule has 0 saturated heterocycles. The molecule has 1 amide bonds. The summed E-state index contributed by atoms with van der Waals surface area (Å²) < 4.78 is 0. The van der Waals surface area contributed by atoms with Crippen molar-refractivity contribution in [1.29, 1.82) is 0 Å². The molecule has 3 aromatic rings. The van der Waals surface area contributed by atoms with Crippen LogP contribution < -0.4 is 10.2 Å². The maximum Gasteiger partial charge on any atom is 0.254 e. The molecular weight excluding hydrogens is 336 g/mol. The third kappa shape index (κ3) is 3.82. The molecule has 2 heterocycles. The molecule has 4 rings (SSSR count). The summed E-state index contributed by atoms with van der Waals surface area (Å²) in [5.41, 5.74) is 5.45. The summed E-state index contributed by atoms with van der Waals surface area (Å²) in [6.07, 6.45) is 4.20. The molecule has 1 aromatic heterocycles. The molecule has 0 bridgehead atoms. The minimum atomic E-state index is -0.159. The van der Waals surface area contributed by atoms with Crippen molar-refractivity contribution in [3.63, 3.8) is 0 Å². The molecule has 0 radical (unpaired) electrons. The number of benzene rings is 2. The number of anilines is 1. The predicted molar refractivity (Wildman–Crippen MR) is 106 cm³/mol. The van der Waals surface area contributed by atoms with E-state index in [1.54, 1.807) is 12.4 Å². The predicted octanol–water partition coefficient (Wildman–Crippen LogP) is 3.28. The first-order valence-corrected chi connectivity index (χ1v) is 9.17. The van der Waals surface area contributed by atoms with Gasteiger partial charge >= 0.3 is 0 Å². The first-order valence-electron chi connectivity index (χ1n) is 9.17. The largest absolute Gasteiger partial charge is 0.348 e. The van der Waals surface area contributed by atoms with E-state index < -0.39 is 0 Å². The van der Waals surface area contributed by atoms with Crippen molar-refractivity contribution in [2.45, 2.75) is 26.4 Å². The van der Waals surface area contributed by atoms with Gasteiger partial charge in [-0.3, -0.25) is 4.79 Å². The van der Waals surface area contributed by atoms with Gasteiger partial charge in [-0.15, -0.1) is 0 Å². The van der Waals surface area contributed by atoms with Crippen LogP contribution in [0.5, 0.6) is 0 Å². The average Bonchev–Trinajstić information content (AvgIpc) is 2.73. The Morgan fingerprint density at radius 3 is 2.52 bits per heavy atom. The van der Waals surface area contributed by atoms with E-state index in [4.69, 9.17) is 0 Å². The van der Waals surface area contributed by atoms with Gasteiger partial charge in [-0.2, -0.15) is 0 Å². The number of rotatable bonds is 4. The molecule has 0 aliphatic carbocycles. The molecule has 0 atom stereocenters. The lowest BCUT2D eigenvalue weighted by atomic mass is 10.0. The first kappa shape index (κ1) is 17.2. The lowest BCUT2D eigenvalue weighted by Gasteiger charge is -2.28. The van der Waals surface area contributed by atoms with Crippen LogP contribution >= 0.6 is 0 Å². The number of nitrogens with zero attached hydrogens (tertiary/aromatic N) is 3. The van der Waals surface area contributed by atoms with Crippen molar-refractivity contribution in [3.8, 4) is 0 Å². The van der Waals surface area contributed by atoms with E-state index in [0.717, 1.165) is 30.6 Å². The van der Waals surface area contributed by atoms with Crippen molar-refractivity contribution in [1.82, 2.24) is 15.3 Å². The van der Waals surface area contributed by atoms with Gasteiger partial charge in [0.1, 0.15) is 0 Å². The maximum atomic E-state index is 12.4. The van der Waals surface area contributed by atoms with Crippen molar-refractivity contribution in [3.05, 3.63) is 88.7 Å². The second kappa shape index (κ2) is 7.58. The van der Waals surface area contributed by atoms with Gasteiger partial charge in [-0.1, -0.05) is 48.5 Å². The number of hydrogen-bond donors (Lipinski definition) is 1. The number of aromatic nitrogens is 2. The van der Waals surface area contributed by atoms with Gasteiger partial charge in [-0.05, 0) is 35.6 Å². The normalized spacial score (nSPS) is 13.1. The molecule has 5 heteroatoms. The van der Waals surface area contributed by atoms with Gasteiger partial charge < -0.3 is 10.2 Å². The standard InChI is InChI=1S/C22H22N4O/c1-16-6-2-3-8-18(16)12-23-21(27)20-13-24-22(25-14-20)26-11-10-17-7-4-5-9-19(17)15-26/h2-9,13-14H,10-12,15H2,1H3,(H,23,27). The summed E-state index contributed by atoms with van der Waals surface area (Å²) in [4.78, 5) is 23.4. The quantitative estimate of drug-likeness (QED) is 0.778. The average molecular weight is 358 g/mol. The molecular formula is C22H22N4O. The highest BCUT2D eigenvalue weighted by Crippen LogP contribution is 2.21. The van der Waals surface area contributed by atoms with Gasteiger partial charge in [0.15, 0.2) is 0 Å². The smallest absolute Gasteiger partial charge is 0.254 e. The second-order valence-electron chi connectivity index (χ2n) is 6.82. The lowest BCUT2D eigenvalue weighted by molar-refractivity contribution is 0.0950. The van der Waals surface area contributed by atoms with E-state index in [1.165, 1.54) is 11.1 Å². The number of carbonyl (C=O) groups is 1. The number of aryl methyl sites for hydroxylation is 1. The molecule has 0 fully saturated rings. The Balaban J connectivity index is 1.40. The Bertz CT molecular complexity index is 953. The minimum Gasteiger partial charge on any atom is -0.348 e. The van der Waals surface area contributed by atoms with E-state index in [0.29, 0.717) is 18.1 Å². The van der Waals surface area contributed by atoms with Crippen LogP contribution in [-0.2, 0) is 19.5 Å². The molecule has 0 spiro atoms. The Morgan fingerprint density at radius 2 is 1.74 bits per heavy atom. The maximum absolute atomic E-state index is 12.4. The molecule has 136 valence electrons. The van der Waals surface area contributed by atoms with E-state index in [1.807, 2.05) is 31.2 Å². The Morgan fingerprint density at radius 1 is 1.04 bits per heavy atom. The van der Waals surface area contributed by atoms with Crippen LogP contribution in [0, 0.1) is 6.92 Å². The molecule has 2 aromatic carbocycles. The van der Waals surface area contributed by atoms with E-state index >= 15 is 0 Å². The third-order valence-electron chi connectivity index (χ3n) is 5.01. The summed E-state index contributed by atoms with van der Waals surface area (Å²) in [5, 5.41) is 2.94. The summed E-state index contributed by atoms with van der Waals surface area (Å²) in [7, 11) is 0. The van der Waals surface area contributed by atoms with E-state index in [-0.39, 0.29) is 5.91 Å². The summed E-state index contributed by atoms with van der Waals surface area (Å²) in [6, 6.07) is 16.5. The van der Waals surface area contributed by atoms with E-state index in [9.17, 15) is 4.79 Å². The van der Waals surface area contributed by atoms with Crippen LogP contribution in [-0.4, -0.2) is 22.4 Å². The zero-order valence-electron chi connectivity index (χ0n) is 15.4. The molecule has 0 saturated carbocycles. The molecule has 1 aliphatic rings. The van der Waals surface area contributed by atoms with Gasteiger partial charge in [0.05, 0.1) is 5.56 Å². The fourth-order valence-corrected chi connectivity index (χ4v) is 3.35. The van der Waals surface area contributed by atoms with Crippen LogP contribution in [0.2, 0.25) is 0 Å². The fourth-order valence-electron chi connectivity index (χ4n) is 3.35. The third-order valence-corrected chi connectivity index (χ3v) is 5.01. The molecule has 27 heavy (non-hydrogen) atoms. The van der Waals surface area contributed by atoms with Gasteiger partial charge in [-0.25, -0.2) is 9.97 Å². The summed E-state index contributed by atoms with van der Waals surface area (Å²) in [5.74, 6) is 0.508. The number of carbonyl (C=O) groups excluding carboxylic acids is 1. The molecule has 1 N–H and O–H groups in total. The van der Waals surface area contributed by atoms with Crippen molar-refractivity contribution in [2.24, 2.45) is 0 Å². The van der Waals surface area contributed by atoms with Crippen LogP contribution in [0.15, 0.2) is 60.9 Å². The van der Waals surface area contributed by atoms with Gasteiger partial charge in [0.25, 0.3) is 5.91 Å². The molecule has 0 unspecified atom stereocenters. The van der Waals surface area contributed by atoms with Gasteiger partial charge in [0, 0.05) is 32.0 Å². The number of hydrogen-bond acceptors (Lipinski definition) is 4. The molecule has 5 nitrogen and oxygen atoms in total. The zero-order valence-corrected chi connectivity index (χ0v) is 15.4. The summed E-state index contributed by atoms with van der Waals surface area (Å²) in [6.45, 7) is 4.22. The SMILES string of the molecule is Cc1ccccc1CNC(=O)c1cnc(N2CCc3ccccc3C2)nc1. The van der Waals surface area contributed by atoms with Crippen LogP contribution in [0.4, 0.5) is 5.95 Å². The monoisotopic (exact) mass is 358 g/mol. The van der Waals surface area contributed by atoms with Crippen LogP contribution in [0.25, 0.3) is 0 Å². The number of fused-ring (bicyclic) bond motifs is 1. The minimum absolute atomic E-state index is 0.159. The second-order valence-corrected chi connectivity index (χ2v) is 6.82. The zero-order chi connectivity index (χ0) is 18.6. The molecule has 1 aliphatic heterocycles. The Kier molecular flexibility index (Phi) is 4.83. The van der Waals surface area contributed by atoms with Crippen molar-refractivity contribution >= 4 is 11.9 Å². The first-order chi connectivity index (χ1) is 13.2. The highest BCUT2D eigenvalue weighted by molar-refractivity contribution is 5.93. The highest BCUT2D eigenvalue weighted by Gasteiger charge is 2.18. The topological polar surface area (TPSA) is 58.1 Å². The highest BCUT2D eigenvalue weighted by atomic mass is 16.1. The van der Waals surface area contributed by atoms with Crippen molar-refractivity contribution in [2.75, 3.05) is 11.4 Å². The fraction of sp³-hybridized carbons (Fsp3) is 0.227.